The molecule has 0 radical (unpaired) electrons. The first-order valence-corrected chi connectivity index (χ1v) is 21.6. The van der Waals surface area contributed by atoms with Crippen LogP contribution < -0.4 is 21.3 Å². The molecule has 0 saturated heterocycles. The van der Waals surface area contributed by atoms with Gasteiger partial charge in [0.1, 0.15) is 22.4 Å². The Morgan fingerprint density at radius 1 is 0.309 bits per heavy atom. The first kappa shape index (κ1) is 54.2. The minimum absolute atomic E-state index is 0.317. The highest BCUT2D eigenvalue weighted by atomic mass is 16.6. The van der Waals surface area contributed by atoms with Crippen molar-refractivity contribution in [1.29, 1.82) is 0 Å². The maximum atomic E-state index is 11.6. The highest BCUT2D eigenvalue weighted by Crippen LogP contribution is 2.16. The van der Waals surface area contributed by atoms with Crippen LogP contribution in [-0.2, 0) is 18.9 Å². The lowest BCUT2D eigenvalue weighted by Gasteiger charge is -2.23. The van der Waals surface area contributed by atoms with Crippen molar-refractivity contribution in [3.63, 3.8) is 0 Å². The summed E-state index contributed by atoms with van der Waals surface area (Å²) in [4.78, 5) is 46.5. The maximum absolute atomic E-state index is 11.6. The number of hydrogen-bond acceptors (Lipinski definition) is 8. The standard InChI is InChI=1S/C22H44N2O4.C21H42N2O4/c1-7-21(3,4)27-19(25)23-17-15-13-11-9-10-12-14-16-18-24-20(26)28-22(5,6)8-2;1-7-20(3,4)26-18(24)22-16-14-12-10-9-11-13-15-17-23-19(25)27-21(5,6)8-2/h7-18H2,1-6H3,(H,23,25)(H,24,26);7-17H2,1-6H3,(H,22,24)(H,23,25). The van der Waals surface area contributed by atoms with Gasteiger partial charge >= 0.3 is 24.4 Å². The predicted octanol–water partition coefficient (Wildman–Crippen LogP) is 11.5. The second-order valence-corrected chi connectivity index (χ2v) is 17.0. The van der Waals surface area contributed by atoms with Gasteiger partial charge < -0.3 is 40.2 Å². The van der Waals surface area contributed by atoms with E-state index in [1.54, 1.807) is 0 Å². The van der Waals surface area contributed by atoms with E-state index in [-0.39, 0.29) is 24.4 Å². The van der Waals surface area contributed by atoms with E-state index >= 15 is 0 Å². The van der Waals surface area contributed by atoms with Crippen molar-refractivity contribution >= 4 is 24.4 Å². The Kier molecular flexibility index (Phi) is 30.7. The van der Waals surface area contributed by atoms with Crippen molar-refractivity contribution in [2.45, 2.75) is 227 Å². The Morgan fingerprint density at radius 2 is 0.455 bits per heavy atom. The van der Waals surface area contributed by atoms with Gasteiger partial charge in [-0.15, -0.1) is 0 Å². The second-order valence-electron chi connectivity index (χ2n) is 17.0. The third kappa shape index (κ3) is 36.5. The number of carbonyl (C=O) groups excluding carboxylic acids is 4. The number of nitrogens with one attached hydrogen (secondary N) is 4. The van der Waals surface area contributed by atoms with Gasteiger partial charge in [-0.05, 0) is 107 Å². The molecule has 0 atom stereocenters. The summed E-state index contributed by atoms with van der Waals surface area (Å²) in [5, 5.41) is 11.3. The Hall–Kier alpha value is -2.92. The number of unbranched alkanes of at least 4 members (excludes halogenated alkanes) is 13. The first-order chi connectivity index (χ1) is 25.7. The van der Waals surface area contributed by atoms with E-state index in [4.69, 9.17) is 18.9 Å². The van der Waals surface area contributed by atoms with Crippen LogP contribution in [0.2, 0.25) is 0 Å². The largest absolute Gasteiger partial charge is 0.444 e. The van der Waals surface area contributed by atoms with E-state index < -0.39 is 22.4 Å². The minimum atomic E-state index is -0.401. The van der Waals surface area contributed by atoms with Gasteiger partial charge in [0.05, 0.1) is 0 Å². The van der Waals surface area contributed by atoms with Crippen molar-refractivity contribution in [2.24, 2.45) is 0 Å². The molecular weight excluding hydrogens is 700 g/mol. The van der Waals surface area contributed by atoms with Crippen LogP contribution in [0.15, 0.2) is 0 Å². The van der Waals surface area contributed by atoms with Gasteiger partial charge in [0.2, 0.25) is 0 Å². The summed E-state index contributed by atoms with van der Waals surface area (Å²) in [5.74, 6) is 0. The number of amides is 4. The van der Waals surface area contributed by atoms with Crippen LogP contribution in [-0.4, -0.2) is 73.0 Å². The number of alkyl carbamates (subject to hydrolysis) is 4. The van der Waals surface area contributed by atoms with Crippen molar-refractivity contribution < 1.29 is 38.1 Å². The zero-order chi connectivity index (χ0) is 42.2. The topological polar surface area (TPSA) is 153 Å². The summed E-state index contributed by atoms with van der Waals surface area (Å²) in [6.07, 6.45) is 18.6. The van der Waals surface area contributed by atoms with Crippen molar-refractivity contribution in [1.82, 2.24) is 21.3 Å². The van der Waals surface area contributed by atoms with Gasteiger partial charge in [-0.2, -0.15) is 0 Å². The minimum Gasteiger partial charge on any atom is -0.444 e. The summed E-state index contributed by atoms with van der Waals surface area (Å²) >= 11 is 0. The second kappa shape index (κ2) is 31.2. The third-order valence-corrected chi connectivity index (χ3v) is 9.92. The Balaban J connectivity index is 0. The fraction of sp³-hybridized carbons (Fsp3) is 0.907. The van der Waals surface area contributed by atoms with Gasteiger partial charge in [-0.25, -0.2) is 19.2 Å². The summed E-state index contributed by atoms with van der Waals surface area (Å²) in [7, 11) is 0. The molecule has 0 unspecified atom stereocenters. The van der Waals surface area contributed by atoms with Crippen LogP contribution in [0.25, 0.3) is 0 Å². The molecule has 0 aromatic rings. The number of ether oxygens (including phenoxy) is 4. The molecule has 0 aliphatic carbocycles. The molecule has 326 valence electrons. The van der Waals surface area contributed by atoms with E-state index in [9.17, 15) is 19.2 Å². The summed E-state index contributed by atoms with van der Waals surface area (Å²) < 4.78 is 21.3. The lowest BCUT2D eigenvalue weighted by molar-refractivity contribution is 0.0353. The van der Waals surface area contributed by atoms with Crippen molar-refractivity contribution in [3.8, 4) is 0 Å². The highest BCUT2D eigenvalue weighted by molar-refractivity contribution is 5.68. The maximum Gasteiger partial charge on any atom is 0.407 e. The van der Waals surface area contributed by atoms with Gasteiger partial charge in [-0.1, -0.05) is 98.3 Å². The summed E-state index contributed by atoms with van der Waals surface area (Å²) in [6.45, 7) is 26.0. The molecule has 0 fully saturated rings. The van der Waals surface area contributed by atoms with Crippen LogP contribution in [0, 0.1) is 0 Å². The smallest absolute Gasteiger partial charge is 0.407 e. The van der Waals surface area contributed by atoms with Gasteiger partial charge in [0.25, 0.3) is 0 Å². The normalized spacial score (nSPS) is 11.8. The molecule has 0 saturated carbocycles. The van der Waals surface area contributed by atoms with E-state index in [0.717, 1.165) is 89.9 Å². The summed E-state index contributed by atoms with van der Waals surface area (Å²) in [6, 6.07) is 0. The lowest BCUT2D eigenvalue weighted by Crippen LogP contribution is -2.34. The molecule has 12 nitrogen and oxygen atoms in total. The Morgan fingerprint density at radius 3 is 0.600 bits per heavy atom. The first-order valence-electron chi connectivity index (χ1n) is 21.6. The molecule has 0 bridgehead atoms. The highest BCUT2D eigenvalue weighted by Gasteiger charge is 2.22. The van der Waals surface area contributed by atoms with Gasteiger partial charge in [0, 0.05) is 26.2 Å². The molecule has 0 spiro atoms. The number of rotatable bonds is 29. The van der Waals surface area contributed by atoms with Gasteiger partial charge in [-0.3, -0.25) is 0 Å². The molecular formula is C43H86N4O8. The summed E-state index contributed by atoms with van der Waals surface area (Å²) in [5.41, 5.74) is -1.60. The molecule has 0 heterocycles. The molecule has 0 rings (SSSR count). The number of hydrogen-bond donors (Lipinski definition) is 4. The Labute approximate surface area is 336 Å². The molecule has 4 amide bonds. The zero-order valence-corrected chi connectivity index (χ0v) is 37.5. The quantitative estimate of drug-likeness (QED) is 0.0432. The average molecular weight is 787 g/mol. The van der Waals surface area contributed by atoms with Crippen molar-refractivity contribution in [3.05, 3.63) is 0 Å². The molecule has 0 aromatic carbocycles. The fourth-order valence-corrected chi connectivity index (χ4v) is 4.64. The van der Waals surface area contributed by atoms with E-state index in [0.29, 0.717) is 26.2 Å². The molecule has 0 aliphatic heterocycles. The lowest BCUT2D eigenvalue weighted by atomic mass is 10.1. The molecule has 0 aromatic heterocycles. The van der Waals surface area contributed by atoms with Crippen LogP contribution in [0.1, 0.15) is 205 Å². The predicted molar refractivity (Wildman–Crippen MR) is 225 cm³/mol. The van der Waals surface area contributed by atoms with Crippen LogP contribution in [0.3, 0.4) is 0 Å². The zero-order valence-electron chi connectivity index (χ0n) is 37.5. The van der Waals surface area contributed by atoms with E-state index in [1.165, 1.54) is 32.1 Å². The fourth-order valence-electron chi connectivity index (χ4n) is 4.64. The SMILES string of the molecule is CCC(C)(C)OC(=O)NCCCCCCCCCCNC(=O)OC(C)(C)CC.CCC(C)(C)OC(=O)NCCCCCCCCCNC(=O)OC(C)(C)CC. The van der Waals surface area contributed by atoms with Crippen molar-refractivity contribution in [2.75, 3.05) is 26.2 Å². The Bertz CT molecular complexity index is 939. The van der Waals surface area contributed by atoms with Gasteiger partial charge in [0.15, 0.2) is 0 Å². The molecule has 4 N–H and O–H groups in total. The van der Waals surface area contributed by atoms with E-state index in [2.05, 4.69) is 21.3 Å². The monoisotopic (exact) mass is 787 g/mol. The van der Waals surface area contributed by atoms with Crippen LogP contribution >= 0.6 is 0 Å². The van der Waals surface area contributed by atoms with Crippen LogP contribution in [0.5, 0.6) is 0 Å². The molecule has 0 aliphatic rings. The molecule has 55 heavy (non-hydrogen) atoms. The third-order valence-electron chi connectivity index (χ3n) is 9.92. The van der Waals surface area contributed by atoms with E-state index in [1.807, 2.05) is 83.1 Å². The molecule has 12 heteroatoms. The van der Waals surface area contributed by atoms with Crippen LogP contribution in [0.4, 0.5) is 19.2 Å². The average Bonchev–Trinajstić information content (AvgIpc) is 3.10. The number of carbonyl (C=O) groups is 4.